The van der Waals surface area contributed by atoms with Crippen LogP contribution in [0.15, 0.2) is 139 Å². The van der Waals surface area contributed by atoms with Gasteiger partial charge in [0.25, 0.3) is 0 Å². The minimum atomic E-state index is -1.56. The highest BCUT2D eigenvalue weighted by Gasteiger charge is 2.35. The molecule has 0 saturated carbocycles. The van der Waals surface area contributed by atoms with Crippen molar-refractivity contribution in [3.05, 3.63) is 151 Å². The summed E-state index contributed by atoms with van der Waals surface area (Å²) in [6, 6.07) is 38.9. The lowest BCUT2D eigenvalue weighted by molar-refractivity contribution is 0.660. The van der Waals surface area contributed by atoms with Gasteiger partial charge in [-0.1, -0.05) is 185 Å². The second-order valence-electron chi connectivity index (χ2n) is 16.7. The molecule has 0 bridgehead atoms. The minimum absolute atomic E-state index is 0.0602. The van der Waals surface area contributed by atoms with Crippen molar-refractivity contribution in [2.75, 3.05) is 0 Å². The Labute approximate surface area is 322 Å². The molecule has 53 heavy (non-hydrogen) atoms. The zero-order valence-corrected chi connectivity index (χ0v) is 33.8. The average Bonchev–Trinajstić information content (AvgIpc) is 3.42. The number of benzene rings is 6. The maximum atomic E-state index is 9.63. The van der Waals surface area contributed by atoms with Crippen LogP contribution in [0.1, 0.15) is 30.5 Å². The van der Waals surface area contributed by atoms with Gasteiger partial charge < -0.3 is 0 Å². The van der Waals surface area contributed by atoms with Crippen molar-refractivity contribution >= 4 is 26.5 Å². The minimum Gasteiger partial charge on any atom is -0.208 e. The molecule has 8 rings (SSSR count). The number of aromatic nitrogens is 3. The van der Waals surface area contributed by atoms with Crippen LogP contribution >= 0.6 is 0 Å². The standard InChI is InChI=1S/C48H47N3Si2/c1-48(2)43-18-10-9-17-41(43)42-28-23-37(31-44(42)48)35-14-11-13-34(29-35)36-15-12-16-38(30-36)47-50-45(32-19-24-39(25-20-32)52(3,4)5)49-46(51-47)33-21-26-40(27-22-33)53(6,7)8/h9-31H,1-8H3/i12D,15D,16D,30D. The summed E-state index contributed by atoms with van der Waals surface area (Å²) in [5.74, 6) is 0.994. The fraction of sp³-hybridized carbons (Fsp3) is 0.188. The molecule has 6 aromatic carbocycles. The van der Waals surface area contributed by atoms with Crippen LogP contribution in [0.2, 0.25) is 39.3 Å². The van der Waals surface area contributed by atoms with Crippen molar-refractivity contribution in [1.29, 1.82) is 0 Å². The molecule has 0 N–H and O–H groups in total. The number of fused-ring (bicyclic) bond motifs is 3. The first kappa shape index (κ1) is 30.2. The van der Waals surface area contributed by atoms with Crippen molar-refractivity contribution in [3.8, 4) is 67.5 Å². The van der Waals surface area contributed by atoms with Gasteiger partial charge in [0.1, 0.15) is 0 Å². The van der Waals surface area contributed by atoms with Gasteiger partial charge in [0, 0.05) is 22.1 Å². The van der Waals surface area contributed by atoms with Gasteiger partial charge in [-0.15, -0.1) is 0 Å². The number of hydrogen-bond donors (Lipinski definition) is 0. The summed E-state index contributed by atoms with van der Waals surface area (Å²) >= 11 is 0. The molecule has 0 radical (unpaired) electrons. The monoisotopic (exact) mass is 725 g/mol. The Morgan fingerprint density at radius 2 is 0.925 bits per heavy atom. The van der Waals surface area contributed by atoms with Crippen LogP contribution in [0, 0.1) is 0 Å². The Morgan fingerprint density at radius 1 is 0.453 bits per heavy atom. The van der Waals surface area contributed by atoms with Crippen molar-refractivity contribution in [2.45, 2.75) is 58.5 Å². The molecule has 1 heterocycles. The summed E-state index contributed by atoms with van der Waals surface area (Å²) in [5, 5.41) is 2.63. The van der Waals surface area contributed by atoms with Gasteiger partial charge in [-0.3, -0.25) is 0 Å². The summed E-state index contributed by atoms with van der Waals surface area (Å²) in [6.07, 6.45) is 0. The lowest BCUT2D eigenvalue weighted by Crippen LogP contribution is -2.37. The highest BCUT2D eigenvalue weighted by Crippen LogP contribution is 2.49. The predicted octanol–water partition coefficient (Wildman–Crippen LogP) is 11.6. The molecule has 1 aliphatic rings. The van der Waals surface area contributed by atoms with Crippen molar-refractivity contribution in [3.63, 3.8) is 0 Å². The Bertz CT molecular complexity index is 2640. The van der Waals surface area contributed by atoms with Gasteiger partial charge in [0.15, 0.2) is 17.5 Å². The van der Waals surface area contributed by atoms with Crippen LogP contribution in [0.4, 0.5) is 0 Å². The van der Waals surface area contributed by atoms with E-state index in [2.05, 4.69) is 120 Å². The molecule has 5 heteroatoms. The molecule has 0 spiro atoms. The Balaban J connectivity index is 1.27. The summed E-state index contributed by atoms with van der Waals surface area (Å²) < 4.78 is 36.9. The molecular formula is C48H47N3Si2. The second-order valence-corrected chi connectivity index (χ2v) is 26.9. The Morgan fingerprint density at radius 3 is 1.51 bits per heavy atom. The Kier molecular flexibility index (Phi) is 7.43. The number of rotatable bonds is 7. The fourth-order valence-electron chi connectivity index (χ4n) is 7.32. The quantitative estimate of drug-likeness (QED) is 0.154. The van der Waals surface area contributed by atoms with E-state index in [4.69, 9.17) is 19.1 Å². The molecule has 0 aliphatic heterocycles. The summed E-state index contributed by atoms with van der Waals surface area (Å²) in [6.45, 7) is 18.4. The van der Waals surface area contributed by atoms with Crippen molar-refractivity contribution in [1.82, 2.24) is 15.0 Å². The molecule has 1 aromatic heterocycles. The fourth-order valence-corrected chi connectivity index (χ4v) is 9.66. The molecular weight excluding hydrogens is 675 g/mol. The normalized spacial score (nSPS) is 14.5. The zero-order valence-electron chi connectivity index (χ0n) is 35.8. The van der Waals surface area contributed by atoms with E-state index in [1.54, 1.807) is 0 Å². The van der Waals surface area contributed by atoms with Crippen LogP contribution in [-0.2, 0) is 5.41 Å². The molecule has 0 saturated heterocycles. The second kappa shape index (κ2) is 13.0. The smallest absolute Gasteiger partial charge is 0.164 e. The zero-order chi connectivity index (χ0) is 40.6. The molecule has 3 nitrogen and oxygen atoms in total. The van der Waals surface area contributed by atoms with Gasteiger partial charge in [-0.05, 0) is 62.7 Å². The van der Waals surface area contributed by atoms with E-state index in [1.807, 2.05) is 48.5 Å². The van der Waals surface area contributed by atoms with Crippen LogP contribution in [0.3, 0.4) is 0 Å². The van der Waals surface area contributed by atoms with E-state index >= 15 is 0 Å². The number of hydrogen-bond acceptors (Lipinski definition) is 3. The van der Waals surface area contributed by atoms with E-state index in [-0.39, 0.29) is 46.5 Å². The van der Waals surface area contributed by atoms with Gasteiger partial charge in [0.05, 0.1) is 21.6 Å². The molecule has 0 amide bonds. The molecule has 1 aliphatic carbocycles. The average molecular weight is 726 g/mol. The van der Waals surface area contributed by atoms with Crippen molar-refractivity contribution in [2.24, 2.45) is 0 Å². The van der Waals surface area contributed by atoms with E-state index in [0.717, 1.165) is 22.3 Å². The third-order valence-electron chi connectivity index (χ3n) is 10.6. The van der Waals surface area contributed by atoms with Crippen LogP contribution in [0.5, 0.6) is 0 Å². The third-order valence-corrected chi connectivity index (χ3v) is 14.7. The maximum Gasteiger partial charge on any atom is 0.164 e. The van der Waals surface area contributed by atoms with E-state index < -0.39 is 16.1 Å². The Hall–Kier alpha value is -5.24. The SMILES string of the molecule is [2H]c1c([2H])c(-c2cccc(-c3ccc4c(c3)C(C)(C)c3ccccc3-4)c2)c([2H])c(-c2nc(-c3ccc([Si](C)(C)C)cc3)nc(-c3ccc([Si](C)(C)C)cc3)n2)c1[2H]. The van der Waals surface area contributed by atoms with E-state index in [0.29, 0.717) is 17.2 Å². The lowest BCUT2D eigenvalue weighted by atomic mass is 9.81. The highest BCUT2D eigenvalue weighted by molar-refractivity contribution is 6.89. The first-order chi connectivity index (χ1) is 26.9. The predicted molar refractivity (Wildman–Crippen MR) is 231 cm³/mol. The molecule has 7 aromatic rings. The van der Waals surface area contributed by atoms with Crippen LogP contribution in [0.25, 0.3) is 67.5 Å². The van der Waals surface area contributed by atoms with Crippen molar-refractivity contribution < 1.29 is 5.48 Å². The molecule has 0 atom stereocenters. The lowest BCUT2D eigenvalue weighted by Gasteiger charge is -2.22. The largest absolute Gasteiger partial charge is 0.208 e. The molecule has 0 unspecified atom stereocenters. The first-order valence-corrected chi connectivity index (χ1v) is 25.4. The van der Waals surface area contributed by atoms with Gasteiger partial charge in [0.2, 0.25) is 0 Å². The molecule has 262 valence electrons. The number of nitrogens with zero attached hydrogens (tertiary/aromatic N) is 3. The van der Waals surface area contributed by atoms with Crippen LogP contribution in [-0.4, -0.2) is 31.1 Å². The highest BCUT2D eigenvalue weighted by atomic mass is 28.3. The first-order valence-electron chi connectivity index (χ1n) is 20.4. The topological polar surface area (TPSA) is 38.7 Å². The third kappa shape index (κ3) is 6.64. The maximum absolute atomic E-state index is 9.63. The summed E-state index contributed by atoms with van der Waals surface area (Å²) in [5.41, 5.74) is 9.49. The van der Waals surface area contributed by atoms with Crippen LogP contribution < -0.4 is 10.4 Å². The summed E-state index contributed by atoms with van der Waals surface area (Å²) in [7, 11) is -3.12. The van der Waals surface area contributed by atoms with Gasteiger partial charge in [-0.25, -0.2) is 15.0 Å². The summed E-state index contributed by atoms with van der Waals surface area (Å²) in [4.78, 5) is 14.8. The van der Waals surface area contributed by atoms with E-state index in [9.17, 15) is 1.37 Å². The van der Waals surface area contributed by atoms with E-state index in [1.165, 1.54) is 32.6 Å². The van der Waals surface area contributed by atoms with Gasteiger partial charge >= 0.3 is 0 Å². The molecule has 0 fully saturated rings. The van der Waals surface area contributed by atoms with Gasteiger partial charge in [-0.2, -0.15) is 0 Å².